The van der Waals surface area contributed by atoms with E-state index in [9.17, 15) is 0 Å². The van der Waals surface area contributed by atoms with Gasteiger partial charge in [0.25, 0.3) is 0 Å². The molecule has 2 rings (SSSR count). The number of nitrogens with zero attached hydrogens (tertiary/aromatic N) is 1. The molecular weight excluding hydrogens is 206 g/mol. The van der Waals surface area contributed by atoms with Crippen LogP contribution in [0, 0.1) is 0 Å². The lowest BCUT2D eigenvalue weighted by atomic mass is 9.85. The van der Waals surface area contributed by atoms with Crippen molar-refractivity contribution in [2.24, 2.45) is 4.99 Å². The van der Waals surface area contributed by atoms with Crippen molar-refractivity contribution in [3.8, 4) is 0 Å². The molecule has 0 fully saturated rings. The van der Waals surface area contributed by atoms with E-state index in [2.05, 4.69) is 57.0 Å². The van der Waals surface area contributed by atoms with Gasteiger partial charge in [0.2, 0.25) is 0 Å². The van der Waals surface area contributed by atoms with E-state index in [-0.39, 0.29) is 6.04 Å². The Bertz CT molecular complexity index is 414. The number of aliphatic imine (C=N–C) groups is 1. The number of hydrogen-bond donors (Lipinski definition) is 0. The second-order valence-corrected chi connectivity index (χ2v) is 5.29. The molecule has 0 saturated carbocycles. The molecule has 90 valence electrons. The molecule has 0 aromatic heterocycles. The van der Waals surface area contributed by atoms with Crippen molar-refractivity contribution in [2.75, 3.05) is 0 Å². The van der Waals surface area contributed by atoms with Gasteiger partial charge in [0, 0.05) is 6.21 Å². The van der Waals surface area contributed by atoms with Crippen LogP contribution in [0.1, 0.15) is 62.3 Å². The van der Waals surface area contributed by atoms with Gasteiger partial charge in [0.1, 0.15) is 0 Å². The second kappa shape index (κ2) is 4.87. The first-order valence-electron chi connectivity index (χ1n) is 6.44. The van der Waals surface area contributed by atoms with Crippen LogP contribution in [-0.4, -0.2) is 6.21 Å². The van der Waals surface area contributed by atoms with Gasteiger partial charge in [-0.15, -0.1) is 0 Å². The predicted octanol–water partition coefficient (Wildman–Crippen LogP) is 4.62. The van der Waals surface area contributed by atoms with Gasteiger partial charge in [-0.25, -0.2) is 0 Å². The molecule has 0 radical (unpaired) electrons. The smallest absolute Gasteiger partial charge is 0.0939 e. The molecule has 0 saturated heterocycles. The Morgan fingerprint density at radius 2 is 1.59 bits per heavy atom. The molecule has 0 amide bonds. The highest BCUT2D eigenvalue weighted by atomic mass is 14.8. The van der Waals surface area contributed by atoms with Gasteiger partial charge in [-0.05, 0) is 34.6 Å². The van der Waals surface area contributed by atoms with Crippen molar-refractivity contribution in [3.63, 3.8) is 0 Å². The molecule has 0 spiro atoms. The molecule has 1 aliphatic rings. The van der Waals surface area contributed by atoms with Crippen LogP contribution in [0.15, 0.2) is 35.3 Å². The molecule has 1 heteroatoms. The SMILES string of the molecule is CC(C)c1cccc(C(C)C)c1C1C=CC=N1. The van der Waals surface area contributed by atoms with Gasteiger partial charge in [-0.1, -0.05) is 52.0 Å². The van der Waals surface area contributed by atoms with E-state index in [0.717, 1.165) is 0 Å². The summed E-state index contributed by atoms with van der Waals surface area (Å²) < 4.78 is 0. The molecule has 1 heterocycles. The number of benzene rings is 1. The Morgan fingerprint density at radius 3 is 2.00 bits per heavy atom. The van der Waals surface area contributed by atoms with Gasteiger partial charge < -0.3 is 0 Å². The van der Waals surface area contributed by atoms with E-state index in [1.54, 1.807) is 0 Å². The fraction of sp³-hybridized carbons (Fsp3) is 0.438. The summed E-state index contributed by atoms with van der Waals surface area (Å²) in [7, 11) is 0. The van der Waals surface area contributed by atoms with Crippen molar-refractivity contribution in [2.45, 2.75) is 45.6 Å². The van der Waals surface area contributed by atoms with Crippen LogP contribution in [0.5, 0.6) is 0 Å². The minimum absolute atomic E-state index is 0.228. The number of rotatable bonds is 3. The average Bonchev–Trinajstić information content (AvgIpc) is 2.80. The van der Waals surface area contributed by atoms with Gasteiger partial charge in [-0.3, -0.25) is 4.99 Å². The van der Waals surface area contributed by atoms with Crippen LogP contribution < -0.4 is 0 Å². The standard InChI is InChI=1S/C16H21N/c1-11(2)13-7-5-8-14(12(3)4)16(13)15-9-6-10-17-15/h5-12,15H,1-4H3. The Labute approximate surface area is 104 Å². The maximum Gasteiger partial charge on any atom is 0.0939 e. The largest absolute Gasteiger partial charge is 0.281 e. The van der Waals surface area contributed by atoms with E-state index in [4.69, 9.17) is 0 Å². The zero-order valence-corrected chi connectivity index (χ0v) is 11.1. The Balaban J connectivity index is 2.57. The molecular formula is C16H21N. The average molecular weight is 227 g/mol. The lowest BCUT2D eigenvalue weighted by Crippen LogP contribution is -2.05. The first-order valence-corrected chi connectivity index (χ1v) is 6.44. The quantitative estimate of drug-likeness (QED) is 0.714. The number of allylic oxidation sites excluding steroid dienone is 1. The molecule has 1 aromatic rings. The summed E-state index contributed by atoms with van der Waals surface area (Å²) in [5.41, 5.74) is 4.29. The monoisotopic (exact) mass is 227 g/mol. The summed E-state index contributed by atoms with van der Waals surface area (Å²) in [6.07, 6.45) is 6.14. The molecule has 1 unspecified atom stereocenters. The third-order valence-corrected chi connectivity index (χ3v) is 3.34. The second-order valence-electron chi connectivity index (χ2n) is 5.29. The van der Waals surface area contributed by atoms with Crippen molar-refractivity contribution >= 4 is 6.21 Å². The summed E-state index contributed by atoms with van der Waals surface area (Å²) in [5.74, 6) is 1.10. The highest BCUT2D eigenvalue weighted by Gasteiger charge is 2.20. The normalized spacial score (nSPS) is 18.6. The summed E-state index contributed by atoms with van der Waals surface area (Å²) in [6, 6.07) is 6.89. The minimum Gasteiger partial charge on any atom is -0.281 e. The van der Waals surface area contributed by atoms with Crippen molar-refractivity contribution in [3.05, 3.63) is 47.0 Å². The Kier molecular flexibility index (Phi) is 3.46. The molecule has 0 N–H and O–H groups in total. The molecule has 1 aromatic carbocycles. The van der Waals surface area contributed by atoms with Gasteiger partial charge in [0.05, 0.1) is 6.04 Å². The Morgan fingerprint density at radius 1 is 1.00 bits per heavy atom. The van der Waals surface area contributed by atoms with Crippen LogP contribution in [0.2, 0.25) is 0 Å². The van der Waals surface area contributed by atoms with Gasteiger partial charge in [0.15, 0.2) is 0 Å². The van der Waals surface area contributed by atoms with E-state index in [0.29, 0.717) is 11.8 Å². The number of hydrogen-bond acceptors (Lipinski definition) is 1. The summed E-state index contributed by atoms with van der Waals surface area (Å²) in [5, 5.41) is 0. The third-order valence-electron chi connectivity index (χ3n) is 3.34. The molecule has 1 aliphatic heterocycles. The first kappa shape index (κ1) is 12.1. The van der Waals surface area contributed by atoms with E-state index in [1.807, 2.05) is 12.3 Å². The maximum absolute atomic E-state index is 4.56. The fourth-order valence-electron chi connectivity index (χ4n) is 2.47. The zero-order valence-electron chi connectivity index (χ0n) is 11.1. The molecule has 0 aliphatic carbocycles. The third kappa shape index (κ3) is 2.33. The van der Waals surface area contributed by atoms with Crippen LogP contribution in [0.4, 0.5) is 0 Å². The molecule has 17 heavy (non-hydrogen) atoms. The van der Waals surface area contributed by atoms with Crippen LogP contribution in [0.25, 0.3) is 0 Å². The lowest BCUT2D eigenvalue weighted by molar-refractivity contribution is 0.770. The van der Waals surface area contributed by atoms with Crippen molar-refractivity contribution in [1.82, 2.24) is 0 Å². The molecule has 0 bridgehead atoms. The van der Waals surface area contributed by atoms with E-state index in [1.165, 1.54) is 16.7 Å². The highest BCUT2D eigenvalue weighted by Crippen LogP contribution is 2.35. The summed E-state index contributed by atoms with van der Waals surface area (Å²) in [4.78, 5) is 4.56. The fourth-order valence-corrected chi connectivity index (χ4v) is 2.47. The molecule has 1 nitrogen and oxygen atoms in total. The van der Waals surface area contributed by atoms with Crippen LogP contribution in [-0.2, 0) is 0 Å². The lowest BCUT2D eigenvalue weighted by Gasteiger charge is -2.21. The van der Waals surface area contributed by atoms with Gasteiger partial charge in [-0.2, -0.15) is 0 Å². The maximum atomic E-state index is 4.56. The van der Waals surface area contributed by atoms with Gasteiger partial charge >= 0.3 is 0 Å². The van der Waals surface area contributed by atoms with E-state index < -0.39 is 0 Å². The van der Waals surface area contributed by atoms with E-state index >= 15 is 0 Å². The van der Waals surface area contributed by atoms with Crippen molar-refractivity contribution in [1.29, 1.82) is 0 Å². The van der Waals surface area contributed by atoms with Crippen LogP contribution >= 0.6 is 0 Å². The topological polar surface area (TPSA) is 12.4 Å². The first-order chi connectivity index (χ1) is 8.11. The highest BCUT2D eigenvalue weighted by molar-refractivity contribution is 5.75. The minimum atomic E-state index is 0.228. The summed E-state index contributed by atoms with van der Waals surface area (Å²) >= 11 is 0. The van der Waals surface area contributed by atoms with Crippen LogP contribution in [0.3, 0.4) is 0 Å². The molecule has 1 atom stereocenters. The summed E-state index contributed by atoms with van der Waals surface area (Å²) in [6.45, 7) is 9.02. The van der Waals surface area contributed by atoms with Crippen molar-refractivity contribution < 1.29 is 0 Å². The Hall–Kier alpha value is -1.37. The predicted molar refractivity (Wildman–Crippen MR) is 75.0 cm³/mol. The zero-order chi connectivity index (χ0) is 12.4.